The number of hydrogen-bond acceptors (Lipinski definition) is 6. The van der Waals surface area contributed by atoms with E-state index in [0.717, 1.165) is 36.9 Å². The lowest BCUT2D eigenvalue weighted by atomic mass is 9.97. The summed E-state index contributed by atoms with van der Waals surface area (Å²) < 4.78 is 7.82. The molecule has 2 fully saturated rings. The molecule has 3 heterocycles. The Balaban J connectivity index is 0.00000261. The number of nitrogens with zero attached hydrogens (tertiary/aromatic N) is 4. The third-order valence-corrected chi connectivity index (χ3v) is 5.81. The third kappa shape index (κ3) is 5.70. The first-order valence-corrected chi connectivity index (χ1v) is 10.4. The van der Waals surface area contributed by atoms with E-state index >= 15 is 0 Å². The molecule has 0 saturated carbocycles. The van der Waals surface area contributed by atoms with Crippen LogP contribution in [0.1, 0.15) is 38.4 Å². The van der Waals surface area contributed by atoms with Crippen LogP contribution in [0.5, 0.6) is 0 Å². The third-order valence-electron chi connectivity index (χ3n) is 4.86. The summed E-state index contributed by atoms with van der Waals surface area (Å²) in [6.07, 6.45) is 4.18. The van der Waals surface area contributed by atoms with Crippen LogP contribution in [0.2, 0.25) is 0 Å². The average Bonchev–Trinajstić information content (AvgIpc) is 3.02. The van der Waals surface area contributed by atoms with E-state index in [-0.39, 0.29) is 30.5 Å². The largest absolute Gasteiger partial charge is 0.372 e. The Labute approximate surface area is 171 Å². The molecule has 1 N–H and O–H groups in total. The van der Waals surface area contributed by atoms with Gasteiger partial charge in [-0.3, -0.25) is 4.79 Å². The van der Waals surface area contributed by atoms with E-state index in [1.807, 2.05) is 24.8 Å². The van der Waals surface area contributed by atoms with Crippen molar-refractivity contribution in [2.45, 2.75) is 56.5 Å². The fourth-order valence-corrected chi connectivity index (χ4v) is 4.55. The van der Waals surface area contributed by atoms with E-state index in [4.69, 9.17) is 4.74 Å². The van der Waals surface area contributed by atoms with Gasteiger partial charge in [-0.25, -0.2) is 0 Å². The van der Waals surface area contributed by atoms with E-state index < -0.39 is 0 Å². The molecule has 1 aromatic rings. The number of thioether (sulfide) groups is 1. The van der Waals surface area contributed by atoms with Gasteiger partial charge in [-0.1, -0.05) is 17.8 Å². The molecule has 9 heteroatoms. The van der Waals surface area contributed by atoms with Crippen LogP contribution in [-0.2, 0) is 16.1 Å². The van der Waals surface area contributed by atoms with Gasteiger partial charge in [0.05, 0.1) is 18.0 Å². The predicted octanol–water partition coefficient (Wildman–Crippen LogP) is 2.08. The van der Waals surface area contributed by atoms with Crippen molar-refractivity contribution >= 4 is 30.1 Å². The highest BCUT2D eigenvalue weighted by molar-refractivity contribution is 7.99. The number of rotatable bonds is 6. The lowest BCUT2D eigenvalue weighted by Crippen LogP contribution is -2.48. The Hall–Kier alpha value is -1.09. The maximum atomic E-state index is 12.6. The van der Waals surface area contributed by atoms with Crippen LogP contribution in [0.4, 0.5) is 0 Å². The molecule has 27 heavy (non-hydrogen) atoms. The van der Waals surface area contributed by atoms with Crippen LogP contribution in [0.25, 0.3) is 0 Å². The van der Waals surface area contributed by atoms with E-state index in [1.54, 1.807) is 0 Å². The summed E-state index contributed by atoms with van der Waals surface area (Å²) in [5.74, 6) is 1.96. The molecule has 3 rings (SSSR count). The first-order chi connectivity index (χ1) is 12.6. The normalized spacial score (nSPS) is 23.7. The van der Waals surface area contributed by atoms with Crippen LogP contribution < -0.4 is 5.32 Å². The second-order valence-electron chi connectivity index (χ2n) is 7.11. The SMILES string of the molecule is C=CCn1c(SCC(=O)N2C[C@@H](C)O[C@@H](C)C2)nnc1C1CCNCC1.Cl. The van der Waals surface area contributed by atoms with Crippen molar-refractivity contribution < 1.29 is 9.53 Å². The van der Waals surface area contributed by atoms with Crippen LogP contribution in [0.3, 0.4) is 0 Å². The number of morpholine rings is 1. The Kier molecular flexibility index (Phi) is 8.60. The summed E-state index contributed by atoms with van der Waals surface area (Å²) in [5, 5.41) is 13.0. The van der Waals surface area contributed by atoms with Crippen LogP contribution in [0, 0.1) is 0 Å². The molecule has 2 aliphatic rings. The van der Waals surface area contributed by atoms with Crippen molar-refractivity contribution in [3.05, 3.63) is 18.5 Å². The van der Waals surface area contributed by atoms with Gasteiger partial charge in [0.15, 0.2) is 5.16 Å². The summed E-state index contributed by atoms with van der Waals surface area (Å²) in [5.41, 5.74) is 0. The van der Waals surface area contributed by atoms with Gasteiger partial charge in [0.1, 0.15) is 5.82 Å². The van der Waals surface area contributed by atoms with Gasteiger partial charge < -0.3 is 19.5 Å². The number of hydrogen-bond donors (Lipinski definition) is 1. The maximum absolute atomic E-state index is 12.6. The Morgan fingerprint density at radius 3 is 2.59 bits per heavy atom. The van der Waals surface area contributed by atoms with Crippen LogP contribution in [-0.4, -0.2) is 69.7 Å². The van der Waals surface area contributed by atoms with Gasteiger partial charge in [0, 0.05) is 25.6 Å². The summed E-state index contributed by atoms with van der Waals surface area (Å²) in [6, 6.07) is 0. The number of piperidine rings is 1. The molecule has 1 aromatic heterocycles. The molecule has 1 amide bonds. The number of carbonyl (C=O) groups is 1. The highest BCUT2D eigenvalue weighted by atomic mass is 35.5. The fraction of sp³-hybridized carbons (Fsp3) is 0.722. The van der Waals surface area contributed by atoms with E-state index in [0.29, 0.717) is 31.3 Å². The molecule has 0 radical (unpaired) electrons. The molecule has 152 valence electrons. The summed E-state index contributed by atoms with van der Waals surface area (Å²) >= 11 is 1.47. The molecule has 2 aliphatic heterocycles. The summed E-state index contributed by atoms with van der Waals surface area (Å²) in [7, 11) is 0. The monoisotopic (exact) mass is 415 g/mol. The highest BCUT2D eigenvalue weighted by Crippen LogP contribution is 2.27. The number of carbonyl (C=O) groups excluding carboxylic acids is 1. The maximum Gasteiger partial charge on any atom is 0.233 e. The van der Waals surface area contributed by atoms with Crippen molar-refractivity contribution in [3.63, 3.8) is 0 Å². The van der Waals surface area contributed by atoms with Crippen molar-refractivity contribution in [2.75, 3.05) is 31.9 Å². The van der Waals surface area contributed by atoms with Crippen molar-refractivity contribution in [1.82, 2.24) is 25.0 Å². The molecule has 0 bridgehead atoms. The second kappa shape index (κ2) is 10.5. The topological polar surface area (TPSA) is 72.3 Å². The van der Waals surface area contributed by atoms with Crippen LogP contribution >= 0.6 is 24.2 Å². The zero-order chi connectivity index (χ0) is 18.5. The van der Waals surface area contributed by atoms with Gasteiger partial charge in [-0.05, 0) is 39.8 Å². The van der Waals surface area contributed by atoms with Crippen molar-refractivity contribution in [2.24, 2.45) is 0 Å². The van der Waals surface area contributed by atoms with Gasteiger partial charge in [-0.15, -0.1) is 29.2 Å². The van der Waals surface area contributed by atoms with Crippen molar-refractivity contribution in [3.8, 4) is 0 Å². The highest BCUT2D eigenvalue weighted by Gasteiger charge is 2.27. The minimum absolute atomic E-state index is 0. The number of amides is 1. The first kappa shape index (κ1) is 22.2. The van der Waals surface area contributed by atoms with Crippen molar-refractivity contribution in [1.29, 1.82) is 0 Å². The quantitative estimate of drug-likeness (QED) is 0.566. The van der Waals surface area contributed by atoms with Gasteiger partial charge >= 0.3 is 0 Å². The molecule has 2 saturated heterocycles. The zero-order valence-corrected chi connectivity index (χ0v) is 17.7. The minimum Gasteiger partial charge on any atom is -0.372 e. The van der Waals surface area contributed by atoms with E-state index in [9.17, 15) is 4.79 Å². The molecular formula is C18H30ClN5O2S. The smallest absolute Gasteiger partial charge is 0.233 e. The van der Waals surface area contributed by atoms with Gasteiger partial charge in [-0.2, -0.15) is 0 Å². The van der Waals surface area contributed by atoms with E-state index in [2.05, 4.69) is 26.7 Å². The number of allylic oxidation sites excluding steroid dienone is 1. The fourth-order valence-electron chi connectivity index (χ4n) is 3.69. The first-order valence-electron chi connectivity index (χ1n) is 9.39. The number of aromatic nitrogens is 3. The van der Waals surface area contributed by atoms with Gasteiger partial charge in [0.2, 0.25) is 5.91 Å². The number of nitrogens with one attached hydrogen (secondary N) is 1. The standard InChI is InChI=1S/C18H29N5O2S.ClH/c1-4-9-23-17(15-5-7-19-8-6-15)20-21-18(23)26-12-16(24)22-10-13(2)25-14(3)11-22;/h4,13-15,19H,1,5-12H2,2-3H3;1H/t13-,14+;. The Bertz CT molecular complexity index is 625. The minimum atomic E-state index is 0. The summed E-state index contributed by atoms with van der Waals surface area (Å²) in [6.45, 7) is 11.9. The van der Waals surface area contributed by atoms with Crippen LogP contribution in [0.15, 0.2) is 17.8 Å². The second-order valence-corrected chi connectivity index (χ2v) is 8.05. The lowest BCUT2D eigenvalue weighted by molar-refractivity contribution is -0.140. The Morgan fingerprint density at radius 1 is 1.30 bits per heavy atom. The molecule has 0 unspecified atom stereocenters. The molecule has 2 atom stereocenters. The number of halogens is 1. The predicted molar refractivity (Wildman–Crippen MR) is 110 cm³/mol. The number of ether oxygens (including phenoxy) is 1. The molecular weight excluding hydrogens is 386 g/mol. The Morgan fingerprint density at radius 2 is 1.96 bits per heavy atom. The van der Waals surface area contributed by atoms with E-state index in [1.165, 1.54) is 11.8 Å². The summed E-state index contributed by atoms with van der Waals surface area (Å²) in [4.78, 5) is 14.5. The average molecular weight is 416 g/mol. The molecule has 7 nitrogen and oxygen atoms in total. The lowest BCUT2D eigenvalue weighted by Gasteiger charge is -2.35. The molecule has 0 aromatic carbocycles. The van der Waals surface area contributed by atoms with Gasteiger partial charge in [0.25, 0.3) is 0 Å². The molecule has 0 spiro atoms. The zero-order valence-electron chi connectivity index (χ0n) is 16.1. The molecule has 0 aliphatic carbocycles.